The molecule has 0 heterocycles. The predicted octanol–water partition coefficient (Wildman–Crippen LogP) is 3.11. The summed E-state index contributed by atoms with van der Waals surface area (Å²) in [4.78, 5) is 6.33. The second-order valence-electron chi connectivity index (χ2n) is 6.66. The zero-order valence-corrected chi connectivity index (χ0v) is 16.7. The third-order valence-electron chi connectivity index (χ3n) is 4.43. The number of nitrogens with zero attached hydrogens (tertiary/aromatic N) is 2. The molecule has 0 saturated carbocycles. The van der Waals surface area contributed by atoms with Gasteiger partial charge < -0.3 is 20.3 Å². The Kier molecular flexibility index (Phi) is 7.61. The van der Waals surface area contributed by atoms with Gasteiger partial charge >= 0.3 is 0 Å². The summed E-state index contributed by atoms with van der Waals surface area (Å²) in [6.07, 6.45) is 0. The predicted molar refractivity (Wildman–Crippen MR) is 109 cm³/mol. The highest BCUT2D eigenvalue weighted by Crippen LogP contribution is 2.20. The molecule has 0 aromatic heterocycles. The maximum Gasteiger partial charge on any atom is 0.191 e. The standard InChI is InChI=1S/C21H29FN4O/c1-15-9-10-17(20(11-15)27-5)13-24-21(23-2)25-14-19(26(3)4)16-7-6-8-18(22)12-16/h6-12,19H,13-14H2,1-5H3,(H2,23,24,25). The van der Waals surface area contributed by atoms with Gasteiger partial charge in [0, 0.05) is 25.7 Å². The zero-order chi connectivity index (χ0) is 19.8. The molecule has 2 rings (SSSR count). The Labute approximate surface area is 161 Å². The molecule has 2 aromatic rings. The zero-order valence-electron chi connectivity index (χ0n) is 16.7. The number of benzene rings is 2. The lowest BCUT2D eigenvalue weighted by molar-refractivity contribution is 0.297. The van der Waals surface area contributed by atoms with Gasteiger partial charge in [-0.05, 0) is 50.3 Å². The monoisotopic (exact) mass is 372 g/mol. The fourth-order valence-corrected chi connectivity index (χ4v) is 2.90. The molecule has 0 spiro atoms. The molecule has 0 aliphatic heterocycles. The summed E-state index contributed by atoms with van der Waals surface area (Å²) in [5.74, 6) is 1.30. The molecule has 0 amide bonds. The van der Waals surface area contributed by atoms with Gasteiger partial charge in [0.05, 0.1) is 13.2 Å². The minimum Gasteiger partial charge on any atom is -0.496 e. The average molecular weight is 372 g/mol. The van der Waals surface area contributed by atoms with Crippen LogP contribution in [0, 0.1) is 12.7 Å². The van der Waals surface area contributed by atoms with Crippen LogP contribution in [-0.4, -0.2) is 45.7 Å². The van der Waals surface area contributed by atoms with E-state index in [1.165, 1.54) is 6.07 Å². The Bertz CT molecular complexity index is 777. The van der Waals surface area contributed by atoms with Crippen molar-refractivity contribution in [1.29, 1.82) is 0 Å². The minimum atomic E-state index is -0.228. The van der Waals surface area contributed by atoms with Crippen molar-refractivity contribution in [2.75, 3.05) is 34.8 Å². The lowest BCUT2D eigenvalue weighted by Gasteiger charge is -2.26. The molecule has 1 unspecified atom stereocenters. The van der Waals surface area contributed by atoms with Gasteiger partial charge in [-0.25, -0.2) is 4.39 Å². The van der Waals surface area contributed by atoms with Gasteiger partial charge in [-0.15, -0.1) is 0 Å². The number of nitrogens with one attached hydrogen (secondary N) is 2. The van der Waals surface area contributed by atoms with E-state index in [0.29, 0.717) is 19.0 Å². The molecule has 0 radical (unpaired) electrons. The summed E-state index contributed by atoms with van der Waals surface area (Å²) in [5.41, 5.74) is 3.13. The average Bonchev–Trinajstić information content (AvgIpc) is 2.64. The summed E-state index contributed by atoms with van der Waals surface area (Å²) in [6.45, 7) is 3.23. The van der Waals surface area contributed by atoms with Gasteiger partial charge in [-0.2, -0.15) is 0 Å². The maximum absolute atomic E-state index is 13.6. The topological polar surface area (TPSA) is 48.9 Å². The summed E-state index contributed by atoms with van der Waals surface area (Å²) in [5, 5.41) is 6.63. The molecule has 2 aromatic carbocycles. The fraction of sp³-hybridized carbons (Fsp3) is 0.381. The highest BCUT2D eigenvalue weighted by molar-refractivity contribution is 5.79. The largest absolute Gasteiger partial charge is 0.496 e. The normalized spacial score (nSPS) is 12.8. The molecular formula is C21H29FN4O. The number of rotatable bonds is 7. The van der Waals surface area contributed by atoms with Gasteiger partial charge in [-0.3, -0.25) is 4.99 Å². The summed E-state index contributed by atoms with van der Waals surface area (Å²) >= 11 is 0. The van der Waals surface area contributed by atoms with Crippen LogP contribution in [-0.2, 0) is 6.54 Å². The molecule has 2 N–H and O–H groups in total. The van der Waals surface area contributed by atoms with Crippen molar-refractivity contribution < 1.29 is 9.13 Å². The molecule has 27 heavy (non-hydrogen) atoms. The second-order valence-corrected chi connectivity index (χ2v) is 6.66. The number of methoxy groups -OCH3 is 1. The summed E-state index contributed by atoms with van der Waals surface area (Å²) < 4.78 is 19.0. The fourth-order valence-electron chi connectivity index (χ4n) is 2.90. The summed E-state index contributed by atoms with van der Waals surface area (Å²) in [7, 11) is 7.36. The first-order valence-corrected chi connectivity index (χ1v) is 8.94. The number of ether oxygens (including phenoxy) is 1. The molecule has 0 bridgehead atoms. The molecule has 0 aliphatic rings. The molecule has 0 fully saturated rings. The van der Waals surface area contributed by atoms with Crippen LogP contribution in [0.25, 0.3) is 0 Å². The smallest absolute Gasteiger partial charge is 0.191 e. The first-order chi connectivity index (χ1) is 12.9. The van der Waals surface area contributed by atoms with Gasteiger partial charge in [0.15, 0.2) is 5.96 Å². The van der Waals surface area contributed by atoms with E-state index in [1.54, 1.807) is 26.3 Å². The second kappa shape index (κ2) is 9.92. The minimum absolute atomic E-state index is 0.0214. The number of hydrogen-bond acceptors (Lipinski definition) is 3. The van der Waals surface area contributed by atoms with E-state index >= 15 is 0 Å². The first kappa shape index (κ1) is 20.7. The van der Waals surface area contributed by atoms with Crippen molar-refractivity contribution in [3.63, 3.8) is 0 Å². The van der Waals surface area contributed by atoms with E-state index in [-0.39, 0.29) is 11.9 Å². The van der Waals surface area contributed by atoms with Gasteiger partial charge in [0.25, 0.3) is 0 Å². The third-order valence-corrected chi connectivity index (χ3v) is 4.43. The quantitative estimate of drug-likeness (QED) is 0.579. The van der Waals surface area contributed by atoms with Crippen molar-refractivity contribution >= 4 is 5.96 Å². The highest BCUT2D eigenvalue weighted by atomic mass is 19.1. The van der Waals surface area contributed by atoms with Crippen LogP contribution in [0.4, 0.5) is 4.39 Å². The highest BCUT2D eigenvalue weighted by Gasteiger charge is 2.15. The van der Waals surface area contributed by atoms with Crippen molar-refractivity contribution in [2.24, 2.45) is 4.99 Å². The number of aliphatic imine (C=N–C) groups is 1. The van der Waals surface area contributed by atoms with Crippen LogP contribution in [0.3, 0.4) is 0 Å². The molecule has 0 saturated heterocycles. The van der Waals surface area contributed by atoms with Crippen LogP contribution < -0.4 is 15.4 Å². The van der Waals surface area contributed by atoms with Crippen molar-refractivity contribution in [2.45, 2.75) is 19.5 Å². The van der Waals surface area contributed by atoms with Gasteiger partial charge in [0.2, 0.25) is 0 Å². The van der Waals surface area contributed by atoms with Crippen LogP contribution in [0.2, 0.25) is 0 Å². The van der Waals surface area contributed by atoms with E-state index in [2.05, 4.69) is 26.6 Å². The molecule has 1 atom stereocenters. The number of aryl methyl sites for hydroxylation is 1. The van der Waals surface area contributed by atoms with E-state index in [0.717, 1.165) is 22.4 Å². The van der Waals surface area contributed by atoms with Gasteiger partial charge in [0.1, 0.15) is 11.6 Å². The Morgan fingerprint density at radius 2 is 1.96 bits per heavy atom. The number of guanidine groups is 1. The molecule has 5 nitrogen and oxygen atoms in total. The maximum atomic E-state index is 13.6. The van der Waals surface area contributed by atoms with Crippen LogP contribution in [0.1, 0.15) is 22.7 Å². The Balaban J connectivity index is 2.00. The van der Waals surface area contributed by atoms with E-state index in [4.69, 9.17) is 4.74 Å². The molecule has 0 aliphatic carbocycles. The Morgan fingerprint density at radius 1 is 1.19 bits per heavy atom. The van der Waals surface area contributed by atoms with Crippen molar-refractivity contribution in [1.82, 2.24) is 15.5 Å². The SMILES string of the molecule is CN=C(NCc1ccc(C)cc1OC)NCC(c1cccc(F)c1)N(C)C. The van der Waals surface area contributed by atoms with E-state index in [1.807, 2.05) is 39.2 Å². The van der Waals surface area contributed by atoms with Crippen LogP contribution in [0.15, 0.2) is 47.5 Å². The van der Waals surface area contributed by atoms with E-state index in [9.17, 15) is 4.39 Å². The number of likely N-dealkylation sites (N-methyl/N-ethyl adjacent to an activating group) is 1. The third kappa shape index (κ3) is 5.96. The lowest BCUT2D eigenvalue weighted by Crippen LogP contribution is -2.41. The molecule has 146 valence electrons. The number of hydrogen-bond donors (Lipinski definition) is 2. The van der Waals surface area contributed by atoms with Crippen molar-refractivity contribution in [3.05, 3.63) is 65.0 Å². The summed E-state index contributed by atoms with van der Waals surface area (Å²) in [6, 6.07) is 12.8. The lowest BCUT2D eigenvalue weighted by atomic mass is 10.1. The number of halogens is 1. The van der Waals surface area contributed by atoms with Crippen molar-refractivity contribution in [3.8, 4) is 5.75 Å². The van der Waals surface area contributed by atoms with Gasteiger partial charge in [-0.1, -0.05) is 24.3 Å². The Morgan fingerprint density at radius 3 is 2.59 bits per heavy atom. The molecular weight excluding hydrogens is 343 g/mol. The Hall–Kier alpha value is -2.60. The molecule has 6 heteroatoms. The van der Waals surface area contributed by atoms with Crippen LogP contribution in [0.5, 0.6) is 5.75 Å². The van der Waals surface area contributed by atoms with E-state index < -0.39 is 0 Å². The van der Waals surface area contributed by atoms with Crippen LogP contribution >= 0.6 is 0 Å². The first-order valence-electron chi connectivity index (χ1n) is 8.94.